The van der Waals surface area contributed by atoms with E-state index in [1.807, 2.05) is 13.0 Å². The van der Waals surface area contributed by atoms with Crippen molar-refractivity contribution in [3.05, 3.63) is 47.0 Å². The van der Waals surface area contributed by atoms with Crippen molar-refractivity contribution in [3.8, 4) is 23.0 Å². The molecule has 2 aromatic rings. The number of rotatable bonds is 7. The first-order valence-corrected chi connectivity index (χ1v) is 9.79. The Morgan fingerprint density at radius 2 is 1.97 bits per heavy atom. The second-order valence-electron chi connectivity index (χ2n) is 6.91. The highest BCUT2D eigenvalue weighted by Gasteiger charge is 2.22. The van der Waals surface area contributed by atoms with Crippen LogP contribution in [0.1, 0.15) is 30.5 Å². The smallest absolute Gasteiger partial charge is 0.191 e. The molecule has 0 spiro atoms. The summed E-state index contributed by atoms with van der Waals surface area (Å²) in [6.07, 6.45) is 1.09. The second-order valence-corrected chi connectivity index (χ2v) is 6.91. The predicted octanol–water partition coefficient (Wildman–Crippen LogP) is 2.99. The molecule has 1 unspecified atom stereocenters. The number of phenols is 1. The fourth-order valence-corrected chi connectivity index (χ4v) is 3.32. The number of nitrogens with one attached hydrogen (secondary N) is 2. The first kappa shape index (κ1) is 20.6. The number of methoxy groups -OCH3 is 1. The summed E-state index contributed by atoms with van der Waals surface area (Å²) in [6.45, 7) is 5.59. The number of fused-ring (bicyclic) bond motifs is 1. The highest BCUT2D eigenvalue weighted by atomic mass is 16.5. The van der Waals surface area contributed by atoms with E-state index in [2.05, 4.69) is 28.6 Å². The average molecular weight is 399 g/mol. The van der Waals surface area contributed by atoms with Gasteiger partial charge in [-0.1, -0.05) is 0 Å². The van der Waals surface area contributed by atoms with Crippen molar-refractivity contribution in [3.63, 3.8) is 0 Å². The molecule has 1 aliphatic heterocycles. The minimum atomic E-state index is 0.188. The zero-order valence-corrected chi connectivity index (χ0v) is 17.4. The first-order chi connectivity index (χ1) is 14.0. The lowest BCUT2D eigenvalue weighted by atomic mass is 10.1. The van der Waals surface area contributed by atoms with E-state index in [-0.39, 0.29) is 11.9 Å². The molecule has 3 rings (SSSR count). The number of aromatic hydroxyl groups is 1. The summed E-state index contributed by atoms with van der Waals surface area (Å²) < 4.78 is 16.9. The molecule has 2 aromatic carbocycles. The van der Waals surface area contributed by atoms with E-state index in [4.69, 9.17) is 14.2 Å². The van der Waals surface area contributed by atoms with E-state index in [9.17, 15) is 5.11 Å². The maximum Gasteiger partial charge on any atom is 0.191 e. The number of nitrogens with zero attached hydrogens (tertiary/aromatic N) is 1. The largest absolute Gasteiger partial charge is 0.508 e. The number of ether oxygens (including phenoxy) is 3. The zero-order chi connectivity index (χ0) is 20.8. The molecule has 0 aromatic heterocycles. The molecule has 1 atom stereocenters. The predicted molar refractivity (Wildman–Crippen MR) is 113 cm³/mol. The molecule has 0 aliphatic carbocycles. The topological polar surface area (TPSA) is 84.3 Å². The third kappa shape index (κ3) is 5.04. The van der Waals surface area contributed by atoms with Gasteiger partial charge in [-0.05, 0) is 44.2 Å². The van der Waals surface area contributed by atoms with Gasteiger partial charge >= 0.3 is 0 Å². The molecular formula is C22H29N3O4. The van der Waals surface area contributed by atoms with Crippen molar-refractivity contribution in [2.45, 2.75) is 39.5 Å². The van der Waals surface area contributed by atoms with Gasteiger partial charge in [-0.2, -0.15) is 0 Å². The summed E-state index contributed by atoms with van der Waals surface area (Å²) >= 11 is 0. The number of benzene rings is 2. The van der Waals surface area contributed by atoms with E-state index in [1.165, 1.54) is 5.56 Å². The molecule has 7 nitrogen and oxygen atoms in total. The number of phenolic OH excluding ortho intramolecular Hbond substituents is 1. The van der Waals surface area contributed by atoms with Crippen molar-refractivity contribution >= 4 is 5.96 Å². The third-order valence-corrected chi connectivity index (χ3v) is 4.78. The van der Waals surface area contributed by atoms with Crippen LogP contribution in [0.4, 0.5) is 0 Å². The molecule has 0 saturated carbocycles. The standard InChI is InChI=1S/C22H29N3O4/c1-5-28-20-10-15-8-14(2)29-21(15)11-17(20)13-25-22(23-3)24-12-16-9-18(27-4)6-7-19(16)26/h6-7,9-11,14,26H,5,8,12-13H2,1-4H3,(H2,23,24,25). The van der Waals surface area contributed by atoms with E-state index >= 15 is 0 Å². The Bertz CT molecular complexity index is 883. The Hall–Kier alpha value is -3.09. The number of aliphatic imine (C=N–C) groups is 1. The van der Waals surface area contributed by atoms with E-state index < -0.39 is 0 Å². The van der Waals surface area contributed by atoms with Crippen LogP contribution < -0.4 is 24.8 Å². The third-order valence-electron chi connectivity index (χ3n) is 4.78. The highest BCUT2D eigenvalue weighted by molar-refractivity contribution is 5.79. The fourth-order valence-electron chi connectivity index (χ4n) is 3.32. The van der Waals surface area contributed by atoms with Gasteiger partial charge < -0.3 is 30.0 Å². The summed E-state index contributed by atoms with van der Waals surface area (Å²) in [5.41, 5.74) is 2.91. The quantitative estimate of drug-likeness (QED) is 0.490. The lowest BCUT2D eigenvalue weighted by Gasteiger charge is -2.16. The normalized spacial score (nSPS) is 15.4. The lowest BCUT2D eigenvalue weighted by Crippen LogP contribution is -2.36. The van der Waals surface area contributed by atoms with E-state index in [1.54, 1.807) is 32.4 Å². The summed E-state index contributed by atoms with van der Waals surface area (Å²) in [5.74, 6) is 3.29. The summed E-state index contributed by atoms with van der Waals surface area (Å²) in [5, 5.41) is 16.6. The molecule has 7 heteroatoms. The van der Waals surface area contributed by atoms with Crippen molar-refractivity contribution in [1.82, 2.24) is 10.6 Å². The number of hydrogen-bond donors (Lipinski definition) is 3. The van der Waals surface area contributed by atoms with Gasteiger partial charge in [0.05, 0.1) is 13.7 Å². The molecule has 0 bridgehead atoms. The van der Waals surface area contributed by atoms with Crippen LogP contribution in [0.15, 0.2) is 35.3 Å². The van der Waals surface area contributed by atoms with Crippen LogP contribution in [0.2, 0.25) is 0 Å². The van der Waals surface area contributed by atoms with Gasteiger partial charge in [0.2, 0.25) is 0 Å². The molecular weight excluding hydrogens is 370 g/mol. The molecule has 3 N–H and O–H groups in total. The molecule has 156 valence electrons. The van der Waals surface area contributed by atoms with Gasteiger partial charge in [-0.15, -0.1) is 0 Å². The van der Waals surface area contributed by atoms with Gasteiger partial charge in [0.1, 0.15) is 29.1 Å². The number of hydrogen-bond acceptors (Lipinski definition) is 5. The molecule has 0 amide bonds. The van der Waals surface area contributed by atoms with Crippen molar-refractivity contribution in [1.29, 1.82) is 0 Å². The number of guanidine groups is 1. The molecule has 0 saturated heterocycles. The van der Waals surface area contributed by atoms with Gasteiger partial charge in [-0.25, -0.2) is 0 Å². The monoisotopic (exact) mass is 399 g/mol. The van der Waals surface area contributed by atoms with Crippen molar-refractivity contribution in [2.75, 3.05) is 20.8 Å². The molecule has 1 heterocycles. The van der Waals surface area contributed by atoms with E-state index in [0.29, 0.717) is 31.4 Å². The molecule has 0 radical (unpaired) electrons. The van der Waals surface area contributed by atoms with Crippen LogP contribution in [-0.4, -0.2) is 37.9 Å². The van der Waals surface area contributed by atoms with Gasteiger partial charge in [0, 0.05) is 43.2 Å². The lowest BCUT2D eigenvalue weighted by molar-refractivity contribution is 0.254. The summed E-state index contributed by atoms with van der Waals surface area (Å²) in [4.78, 5) is 4.26. The first-order valence-electron chi connectivity index (χ1n) is 9.79. The maximum absolute atomic E-state index is 10.0. The van der Waals surface area contributed by atoms with Gasteiger partial charge in [0.25, 0.3) is 0 Å². The minimum Gasteiger partial charge on any atom is -0.508 e. The Balaban J connectivity index is 1.66. The summed E-state index contributed by atoms with van der Waals surface area (Å²) in [6, 6.07) is 9.24. The van der Waals surface area contributed by atoms with Crippen LogP contribution in [-0.2, 0) is 19.5 Å². The SMILES string of the molecule is CCOc1cc2c(cc1CNC(=NC)NCc1cc(OC)ccc1O)OC(C)C2. The van der Waals surface area contributed by atoms with Crippen LogP contribution >= 0.6 is 0 Å². The van der Waals surface area contributed by atoms with Crippen molar-refractivity contribution < 1.29 is 19.3 Å². The van der Waals surface area contributed by atoms with Crippen LogP contribution in [0.3, 0.4) is 0 Å². The minimum absolute atomic E-state index is 0.188. The van der Waals surface area contributed by atoms with Gasteiger partial charge in [0.15, 0.2) is 5.96 Å². The molecule has 29 heavy (non-hydrogen) atoms. The molecule has 1 aliphatic rings. The Kier molecular flexibility index (Phi) is 6.69. The van der Waals surface area contributed by atoms with Crippen molar-refractivity contribution in [2.24, 2.45) is 4.99 Å². The second kappa shape index (κ2) is 9.41. The fraction of sp³-hybridized carbons (Fsp3) is 0.409. The van der Waals surface area contributed by atoms with Crippen LogP contribution in [0, 0.1) is 0 Å². The van der Waals surface area contributed by atoms with Crippen LogP contribution in [0.5, 0.6) is 23.0 Å². The van der Waals surface area contributed by atoms with E-state index in [0.717, 1.165) is 29.0 Å². The summed E-state index contributed by atoms with van der Waals surface area (Å²) in [7, 11) is 3.30. The highest BCUT2D eigenvalue weighted by Crippen LogP contribution is 2.35. The Morgan fingerprint density at radius 1 is 1.21 bits per heavy atom. The van der Waals surface area contributed by atoms with Crippen LogP contribution in [0.25, 0.3) is 0 Å². The molecule has 0 fully saturated rings. The Labute approximate surface area is 171 Å². The zero-order valence-electron chi connectivity index (χ0n) is 17.4. The average Bonchev–Trinajstić information content (AvgIpc) is 3.08. The van der Waals surface area contributed by atoms with Gasteiger partial charge in [-0.3, -0.25) is 4.99 Å². The Morgan fingerprint density at radius 3 is 2.66 bits per heavy atom. The maximum atomic E-state index is 10.0.